The Hall–Kier alpha value is -1.67. The molecular weight excluding hydrogens is 666 g/mol. The molecule has 0 radical (unpaired) electrons. The first-order valence-corrected chi connectivity index (χ1v) is 22.6. The maximum absolute atomic E-state index is 12.7. The fraction of sp³-hybridized carbons (Fsp3) is 0.933. The van der Waals surface area contributed by atoms with E-state index in [9.17, 15) is 19.5 Å². The monoisotopic (exact) mass is 754 g/mol. The number of carbonyl (C=O) groups excluding carboxylic acids is 3. The number of hydrogen-bond donors (Lipinski definition) is 0. The van der Waals surface area contributed by atoms with Gasteiger partial charge in [0.2, 0.25) is 0 Å². The molecule has 0 N–H and O–H groups in total. The van der Waals surface area contributed by atoms with Crippen LogP contribution in [0.15, 0.2) is 0 Å². The Morgan fingerprint density at radius 2 is 0.830 bits per heavy atom. The summed E-state index contributed by atoms with van der Waals surface area (Å²) < 4.78 is 17.2. The van der Waals surface area contributed by atoms with Crippen molar-refractivity contribution in [2.75, 3.05) is 41.0 Å². The molecule has 8 heteroatoms. The maximum atomic E-state index is 12.7. The first-order valence-electron chi connectivity index (χ1n) is 22.6. The van der Waals surface area contributed by atoms with Crippen LogP contribution in [0.5, 0.6) is 0 Å². The van der Waals surface area contributed by atoms with Gasteiger partial charge < -0.3 is 28.6 Å². The lowest BCUT2D eigenvalue weighted by molar-refractivity contribution is -0.889. The second-order valence-corrected chi connectivity index (χ2v) is 16.7. The molecule has 0 spiro atoms. The van der Waals surface area contributed by atoms with Crippen molar-refractivity contribution in [1.29, 1.82) is 0 Å². The van der Waals surface area contributed by atoms with E-state index in [1.807, 2.05) is 0 Å². The van der Waals surface area contributed by atoms with Crippen molar-refractivity contribution in [3.8, 4) is 0 Å². The van der Waals surface area contributed by atoms with Gasteiger partial charge in [-0.3, -0.25) is 9.59 Å². The Bertz CT molecular complexity index is 843. The lowest BCUT2D eigenvalue weighted by atomic mass is 10.0. The number of nitrogens with zero attached hydrogens (tertiary/aromatic N) is 1. The molecule has 0 aromatic carbocycles. The Labute approximate surface area is 327 Å². The van der Waals surface area contributed by atoms with Gasteiger partial charge in [0.25, 0.3) is 0 Å². The van der Waals surface area contributed by atoms with Crippen molar-refractivity contribution in [3.63, 3.8) is 0 Å². The van der Waals surface area contributed by atoms with E-state index in [0.717, 1.165) is 38.5 Å². The molecule has 2 atom stereocenters. The van der Waals surface area contributed by atoms with Gasteiger partial charge in [-0.1, -0.05) is 187 Å². The number of carboxylic acid groups (broad SMARTS) is 1. The van der Waals surface area contributed by atoms with Gasteiger partial charge in [-0.25, -0.2) is 0 Å². The van der Waals surface area contributed by atoms with Crippen LogP contribution in [0.3, 0.4) is 0 Å². The van der Waals surface area contributed by atoms with Gasteiger partial charge in [-0.05, 0) is 12.8 Å². The summed E-state index contributed by atoms with van der Waals surface area (Å²) in [5.41, 5.74) is 0. The molecule has 2 unspecified atom stereocenters. The number of esters is 2. The van der Waals surface area contributed by atoms with Crippen molar-refractivity contribution < 1.29 is 38.2 Å². The van der Waals surface area contributed by atoms with Gasteiger partial charge in [0, 0.05) is 19.3 Å². The van der Waals surface area contributed by atoms with Gasteiger partial charge in [-0.15, -0.1) is 0 Å². The highest BCUT2D eigenvalue weighted by Crippen LogP contribution is 2.16. The van der Waals surface area contributed by atoms with Gasteiger partial charge in [0.15, 0.2) is 6.10 Å². The molecule has 0 saturated carbocycles. The van der Waals surface area contributed by atoms with Crippen molar-refractivity contribution >= 4 is 17.9 Å². The zero-order chi connectivity index (χ0) is 39.3. The summed E-state index contributed by atoms with van der Waals surface area (Å²) in [7, 11) is 5.42. The largest absolute Gasteiger partial charge is 0.544 e. The minimum Gasteiger partial charge on any atom is -0.544 e. The molecular formula is C45H87NO7. The van der Waals surface area contributed by atoms with E-state index in [2.05, 4.69) is 13.8 Å². The normalized spacial score (nSPS) is 12.8. The van der Waals surface area contributed by atoms with Crippen LogP contribution in [-0.4, -0.2) is 75.5 Å². The number of likely N-dealkylation sites (N-methyl/N-ethyl adjacent to an activating group) is 1. The van der Waals surface area contributed by atoms with Crippen LogP contribution in [0.25, 0.3) is 0 Å². The van der Waals surface area contributed by atoms with E-state index in [1.54, 1.807) is 21.1 Å². The second-order valence-electron chi connectivity index (χ2n) is 16.7. The molecule has 0 fully saturated rings. The first kappa shape index (κ1) is 51.3. The zero-order valence-corrected chi connectivity index (χ0v) is 35.7. The minimum atomic E-state index is -1.12. The molecule has 8 nitrogen and oxygen atoms in total. The first-order chi connectivity index (χ1) is 25.6. The summed E-state index contributed by atoms with van der Waals surface area (Å²) in [5, 5.41) is 11.6. The van der Waals surface area contributed by atoms with Gasteiger partial charge in [0.05, 0.1) is 40.3 Å². The number of quaternary nitrogens is 1. The van der Waals surface area contributed by atoms with E-state index < -0.39 is 18.1 Å². The number of aliphatic carboxylic acids is 1. The Morgan fingerprint density at radius 1 is 0.491 bits per heavy atom. The van der Waals surface area contributed by atoms with Crippen LogP contribution in [0, 0.1) is 0 Å². The van der Waals surface area contributed by atoms with Crippen molar-refractivity contribution in [3.05, 3.63) is 0 Å². The molecule has 0 amide bonds. The predicted molar refractivity (Wildman–Crippen MR) is 218 cm³/mol. The number of hydrogen-bond acceptors (Lipinski definition) is 7. The molecule has 0 aromatic rings. The van der Waals surface area contributed by atoms with E-state index in [4.69, 9.17) is 14.2 Å². The maximum Gasteiger partial charge on any atom is 0.306 e. The molecule has 0 aliphatic rings. The molecule has 0 rings (SSSR count). The molecule has 0 aromatic heterocycles. The topological polar surface area (TPSA) is 102 Å². The fourth-order valence-electron chi connectivity index (χ4n) is 6.95. The van der Waals surface area contributed by atoms with Crippen LogP contribution in [0.2, 0.25) is 0 Å². The molecule has 0 saturated heterocycles. The average molecular weight is 754 g/mol. The lowest BCUT2D eigenvalue weighted by Crippen LogP contribution is -2.55. The zero-order valence-electron chi connectivity index (χ0n) is 35.7. The Morgan fingerprint density at radius 3 is 1.17 bits per heavy atom. The number of unbranched alkanes of at least 4 members (excludes halogenated alkanes) is 27. The van der Waals surface area contributed by atoms with Crippen LogP contribution in [-0.2, 0) is 28.6 Å². The molecule has 0 aliphatic heterocycles. The molecule has 0 bridgehead atoms. The van der Waals surface area contributed by atoms with E-state index in [0.29, 0.717) is 12.8 Å². The smallest absolute Gasteiger partial charge is 0.306 e. The third-order valence-corrected chi connectivity index (χ3v) is 10.5. The van der Waals surface area contributed by atoms with Crippen LogP contribution in [0.1, 0.15) is 219 Å². The van der Waals surface area contributed by atoms with E-state index in [1.165, 1.54) is 148 Å². The summed E-state index contributed by atoms with van der Waals surface area (Å²) in [6, 6.07) is -0.718. The van der Waals surface area contributed by atoms with E-state index >= 15 is 0 Å². The highest BCUT2D eigenvalue weighted by Gasteiger charge is 2.25. The third kappa shape index (κ3) is 35.8. The highest BCUT2D eigenvalue weighted by atomic mass is 16.6. The van der Waals surface area contributed by atoms with Crippen molar-refractivity contribution in [2.45, 2.75) is 231 Å². The van der Waals surface area contributed by atoms with Gasteiger partial charge in [-0.2, -0.15) is 0 Å². The molecule has 53 heavy (non-hydrogen) atoms. The fourth-order valence-corrected chi connectivity index (χ4v) is 6.95. The minimum absolute atomic E-state index is 0.0491. The Balaban J connectivity index is 4.25. The van der Waals surface area contributed by atoms with Crippen molar-refractivity contribution in [1.82, 2.24) is 0 Å². The summed E-state index contributed by atoms with van der Waals surface area (Å²) in [6.45, 7) is 4.69. The quantitative estimate of drug-likeness (QED) is 0.0348. The van der Waals surface area contributed by atoms with Gasteiger partial charge in [0.1, 0.15) is 12.6 Å². The van der Waals surface area contributed by atoms with Crippen LogP contribution in [0.4, 0.5) is 0 Å². The summed E-state index contributed by atoms with van der Waals surface area (Å²) in [6.07, 6.45) is 36.9. The molecule has 0 aliphatic carbocycles. The number of ether oxygens (including phenoxy) is 3. The third-order valence-electron chi connectivity index (χ3n) is 10.5. The summed E-state index contributed by atoms with van der Waals surface area (Å²) >= 11 is 0. The van der Waals surface area contributed by atoms with E-state index in [-0.39, 0.29) is 42.7 Å². The molecule has 0 heterocycles. The van der Waals surface area contributed by atoms with Crippen LogP contribution < -0.4 is 5.11 Å². The number of carboxylic acids is 1. The average Bonchev–Trinajstić information content (AvgIpc) is 3.11. The number of carbonyl (C=O) groups is 3. The number of rotatable bonds is 41. The summed E-state index contributed by atoms with van der Waals surface area (Å²) in [5.74, 6) is -1.72. The standard InChI is InChI=1S/C45H87NO7/c1-6-8-10-12-14-16-18-19-20-21-22-23-24-26-28-30-32-34-36-44(48)53-41(39-51-38-37-42(45(49)50)46(3,4)5)40-52-43(47)35-33-31-29-27-25-17-15-13-11-9-7-2/h41-42H,6-40H2,1-5H3. The SMILES string of the molecule is CCCCCCCCCCCCCCCCCCCCC(=O)OC(COCCC(C(=O)[O-])[N+](C)(C)C)COC(=O)CCCCCCCCCCCCC. The Kier molecular flexibility index (Phi) is 36.1. The lowest BCUT2D eigenvalue weighted by Gasteiger charge is -2.34. The van der Waals surface area contributed by atoms with Gasteiger partial charge >= 0.3 is 11.9 Å². The predicted octanol–water partition coefficient (Wildman–Crippen LogP) is 10.8. The van der Waals surface area contributed by atoms with Crippen LogP contribution >= 0.6 is 0 Å². The molecule has 314 valence electrons. The summed E-state index contributed by atoms with van der Waals surface area (Å²) in [4.78, 5) is 36.8. The van der Waals surface area contributed by atoms with Crippen molar-refractivity contribution in [2.24, 2.45) is 0 Å². The highest BCUT2D eigenvalue weighted by molar-refractivity contribution is 5.70. The second kappa shape index (κ2) is 37.3.